The van der Waals surface area contributed by atoms with Crippen molar-refractivity contribution in [2.24, 2.45) is 17.6 Å². The second-order valence-corrected chi connectivity index (χ2v) is 5.56. The van der Waals surface area contributed by atoms with Gasteiger partial charge in [0, 0.05) is 25.2 Å². The fourth-order valence-corrected chi connectivity index (χ4v) is 2.75. The summed E-state index contributed by atoms with van der Waals surface area (Å²) in [7, 11) is 0. The summed E-state index contributed by atoms with van der Waals surface area (Å²) in [5.74, 6) is 1.12. The predicted molar refractivity (Wildman–Crippen MR) is 68.3 cm³/mol. The van der Waals surface area contributed by atoms with Crippen molar-refractivity contribution in [2.75, 3.05) is 13.2 Å². The number of aliphatic hydroxyl groups excluding tert-OH is 1. The summed E-state index contributed by atoms with van der Waals surface area (Å²) >= 11 is 0. The third-order valence-electron chi connectivity index (χ3n) is 3.63. The van der Waals surface area contributed by atoms with Gasteiger partial charge in [0.05, 0.1) is 0 Å². The van der Waals surface area contributed by atoms with Crippen molar-refractivity contribution in [3.63, 3.8) is 0 Å². The van der Waals surface area contributed by atoms with Crippen LogP contribution in [0.25, 0.3) is 0 Å². The molecule has 3 unspecified atom stereocenters. The molecule has 0 aromatic carbocycles. The highest BCUT2D eigenvalue weighted by Gasteiger charge is 2.26. The van der Waals surface area contributed by atoms with E-state index in [2.05, 4.69) is 19.2 Å². The maximum atomic E-state index is 9.36. The van der Waals surface area contributed by atoms with Crippen LogP contribution in [0.5, 0.6) is 0 Å². The van der Waals surface area contributed by atoms with Crippen LogP contribution >= 0.6 is 0 Å². The topological polar surface area (TPSA) is 58.3 Å². The largest absolute Gasteiger partial charge is 0.396 e. The van der Waals surface area contributed by atoms with Crippen LogP contribution in [0.3, 0.4) is 0 Å². The summed E-state index contributed by atoms with van der Waals surface area (Å²) < 4.78 is 0. The lowest BCUT2D eigenvalue weighted by atomic mass is 9.84. The minimum absolute atomic E-state index is 0.316. The lowest BCUT2D eigenvalue weighted by molar-refractivity contribution is 0.143. The first-order valence-electron chi connectivity index (χ1n) is 6.74. The molecular formula is C13H28N2O. The van der Waals surface area contributed by atoms with Crippen molar-refractivity contribution in [1.82, 2.24) is 5.32 Å². The molecule has 0 radical (unpaired) electrons. The molecule has 1 aliphatic rings. The van der Waals surface area contributed by atoms with Crippen molar-refractivity contribution in [3.8, 4) is 0 Å². The molecule has 0 aromatic heterocycles. The Bertz CT molecular complexity index is 185. The monoisotopic (exact) mass is 228 g/mol. The van der Waals surface area contributed by atoms with Gasteiger partial charge >= 0.3 is 0 Å². The summed E-state index contributed by atoms with van der Waals surface area (Å²) in [6, 6.07) is 0.892. The van der Waals surface area contributed by atoms with E-state index in [9.17, 15) is 5.11 Å². The average molecular weight is 228 g/mol. The second-order valence-electron chi connectivity index (χ2n) is 5.56. The first-order valence-corrected chi connectivity index (χ1v) is 6.74. The van der Waals surface area contributed by atoms with Crippen molar-refractivity contribution in [3.05, 3.63) is 0 Å². The fourth-order valence-electron chi connectivity index (χ4n) is 2.75. The summed E-state index contributed by atoms with van der Waals surface area (Å²) in [5, 5.41) is 13.0. The van der Waals surface area contributed by atoms with E-state index >= 15 is 0 Å². The normalized spacial score (nSPS) is 28.3. The van der Waals surface area contributed by atoms with E-state index in [1.807, 2.05) is 0 Å². The van der Waals surface area contributed by atoms with Gasteiger partial charge in [-0.15, -0.1) is 0 Å². The SMILES string of the molecule is CC(C)CC(CN)NC1CCCCC1CO. The van der Waals surface area contributed by atoms with Gasteiger partial charge in [0.15, 0.2) is 0 Å². The molecular weight excluding hydrogens is 200 g/mol. The first-order chi connectivity index (χ1) is 7.67. The van der Waals surface area contributed by atoms with Gasteiger partial charge in [0.25, 0.3) is 0 Å². The van der Waals surface area contributed by atoms with Gasteiger partial charge in [-0.25, -0.2) is 0 Å². The Morgan fingerprint density at radius 3 is 2.56 bits per heavy atom. The maximum absolute atomic E-state index is 9.36. The zero-order valence-corrected chi connectivity index (χ0v) is 10.8. The van der Waals surface area contributed by atoms with E-state index < -0.39 is 0 Å². The van der Waals surface area contributed by atoms with Crippen LogP contribution in [0.15, 0.2) is 0 Å². The Morgan fingerprint density at radius 2 is 2.00 bits per heavy atom. The molecule has 0 heterocycles. The van der Waals surface area contributed by atoms with Crippen molar-refractivity contribution < 1.29 is 5.11 Å². The van der Waals surface area contributed by atoms with Gasteiger partial charge in [0.1, 0.15) is 0 Å². The zero-order chi connectivity index (χ0) is 12.0. The predicted octanol–water partition coefficient (Wildman–Crippen LogP) is 1.50. The molecule has 3 nitrogen and oxygen atoms in total. The molecule has 0 aromatic rings. The lowest BCUT2D eigenvalue weighted by Gasteiger charge is -2.34. The highest BCUT2D eigenvalue weighted by Crippen LogP contribution is 2.24. The zero-order valence-electron chi connectivity index (χ0n) is 10.8. The Balaban J connectivity index is 2.41. The molecule has 0 bridgehead atoms. The van der Waals surface area contributed by atoms with Crippen molar-refractivity contribution >= 4 is 0 Å². The second kappa shape index (κ2) is 7.25. The van der Waals surface area contributed by atoms with Crippen LogP contribution in [-0.2, 0) is 0 Å². The van der Waals surface area contributed by atoms with Gasteiger partial charge in [-0.3, -0.25) is 0 Å². The number of hydrogen-bond donors (Lipinski definition) is 3. The molecule has 1 aliphatic carbocycles. The number of hydrogen-bond acceptors (Lipinski definition) is 3. The van der Waals surface area contributed by atoms with Crippen LogP contribution in [-0.4, -0.2) is 30.3 Å². The lowest BCUT2D eigenvalue weighted by Crippen LogP contribution is -2.48. The van der Waals surface area contributed by atoms with E-state index in [0.29, 0.717) is 37.1 Å². The average Bonchev–Trinajstić information content (AvgIpc) is 2.28. The third kappa shape index (κ3) is 4.40. The van der Waals surface area contributed by atoms with Gasteiger partial charge in [-0.05, 0) is 31.1 Å². The highest BCUT2D eigenvalue weighted by molar-refractivity contribution is 4.84. The third-order valence-corrected chi connectivity index (χ3v) is 3.63. The number of nitrogens with two attached hydrogens (primary N) is 1. The quantitative estimate of drug-likeness (QED) is 0.646. The molecule has 3 heteroatoms. The van der Waals surface area contributed by atoms with Crippen LogP contribution in [0, 0.1) is 11.8 Å². The summed E-state index contributed by atoms with van der Waals surface area (Å²) in [4.78, 5) is 0. The Hall–Kier alpha value is -0.120. The Kier molecular flexibility index (Phi) is 6.32. The van der Waals surface area contributed by atoms with Crippen LogP contribution in [0.1, 0.15) is 46.0 Å². The summed E-state index contributed by atoms with van der Waals surface area (Å²) in [5.41, 5.74) is 5.80. The van der Waals surface area contributed by atoms with E-state index in [1.165, 1.54) is 19.3 Å². The van der Waals surface area contributed by atoms with Gasteiger partial charge in [-0.1, -0.05) is 26.7 Å². The van der Waals surface area contributed by atoms with E-state index in [1.54, 1.807) is 0 Å². The molecule has 0 spiro atoms. The smallest absolute Gasteiger partial charge is 0.0474 e. The highest BCUT2D eigenvalue weighted by atomic mass is 16.3. The Morgan fingerprint density at radius 1 is 1.31 bits per heavy atom. The van der Waals surface area contributed by atoms with E-state index in [-0.39, 0.29) is 0 Å². The van der Waals surface area contributed by atoms with E-state index in [0.717, 1.165) is 12.8 Å². The van der Waals surface area contributed by atoms with Crippen LogP contribution < -0.4 is 11.1 Å². The van der Waals surface area contributed by atoms with Crippen LogP contribution in [0.2, 0.25) is 0 Å². The fraction of sp³-hybridized carbons (Fsp3) is 1.00. The molecule has 96 valence electrons. The van der Waals surface area contributed by atoms with Crippen LogP contribution in [0.4, 0.5) is 0 Å². The van der Waals surface area contributed by atoms with Gasteiger partial charge in [-0.2, -0.15) is 0 Å². The summed E-state index contributed by atoms with van der Waals surface area (Å²) in [6.07, 6.45) is 6.03. The maximum Gasteiger partial charge on any atom is 0.0474 e. The molecule has 0 aliphatic heterocycles. The number of rotatable bonds is 6. The molecule has 16 heavy (non-hydrogen) atoms. The van der Waals surface area contributed by atoms with Crippen molar-refractivity contribution in [2.45, 2.75) is 58.0 Å². The van der Waals surface area contributed by atoms with Gasteiger partial charge < -0.3 is 16.2 Å². The number of nitrogens with one attached hydrogen (secondary N) is 1. The summed E-state index contributed by atoms with van der Waals surface area (Å²) in [6.45, 7) is 5.48. The molecule has 0 saturated heterocycles. The minimum Gasteiger partial charge on any atom is -0.396 e. The molecule has 4 N–H and O–H groups in total. The van der Waals surface area contributed by atoms with E-state index in [4.69, 9.17) is 5.73 Å². The Labute approximate surface area is 99.8 Å². The molecule has 1 saturated carbocycles. The molecule has 1 rings (SSSR count). The first kappa shape index (κ1) is 13.9. The van der Waals surface area contributed by atoms with Crippen molar-refractivity contribution in [1.29, 1.82) is 0 Å². The molecule has 3 atom stereocenters. The minimum atomic E-state index is 0.316. The number of aliphatic hydroxyl groups is 1. The molecule has 1 fully saturated rings. The van der Waals surface area contributed by atoms with Gasteiger partial charge in [0.2, 0.25) is 0 Å². The standard InChI is InChI=1S/C13H28N2O/c1-10(2)7-12(8-14)15-13-6-4-3-5-11(13)9-16/h10-13,15-16H,3-9,14H2,1-2H3. The molecule has 0 amide bonds.